The van der Waals surface area contributed by atoms with Crippen molar-refractivity contribution in [2.75, 3.05) is 42.9 Å². The highest BCUT2D eigenvalue weighted by Crippen LogP contribution is 2.28. The fraction of sp³-hybridized carbons (Fsp3) is 0.294. The molecule has 0 unspecified atom stereocenters. The lowest BCUT2D eigenvalue weighted by molar-refractivity contribution is -0.117. The minimum Gasteiger partial charge on any atom is -0.368 e. The quantitative estimate of drug-likeness (QED) is 0.740. The molecule has 1 aliphatic rings. The van der Waals surface area contributed by atoms with Gasteiger partial charge < -0.3 is 4.90 Å². The number of hydrogen-bond donors (Lipinski definition) is 1. The van der Waals surface area contributed by atoms with Crippen LogP contribution in [0.25, 0.3) is 10.9 Å². The van der Waals surface area contributed by atoms with Crippen LogP contribution in [0.4, 0.5) is 10.8 Å². The molecule has 0 bridgehead atoms. The molecule has 134 valence electrons. The molecule has 0 saturated carbocycles. The number of rotatable bonds is 4. The molecule has 3 aromatic rings. The number of pyridine rings is 1. The van der Waals surface area contributed by atoms with E-state index in [0.717, 1.165) is 42.8 Å². The first-order chi connectivity index (χ1) is 12.7. The Labute approximate surface area is 159 Å². The summed E-state index contributed by atoms with van der Waals surface area (Å²) in [4.78, 5) is 21.0. The van der Waals surface area contributed by atoms with E-state index in [9.17, 15) is 4.79 Å². The van der Waals surface area contributed by atoms with Gasteiger partial charge in [-0.15, -0.1) is 10.2 Å². The third-order valence-corrected chi connectivity index (χ3v) is 5.21. The van der Waals surface area contributed by atoms with Gasteiger partial charge in [0, 0.05) is 48.5 Å². The second-order valence-electron chi connectivity index (χ2n) is 6.05. The molecule has 0 atom stereocenters. The molecule has 26 heavy (non-hydrogen) atoms. The third kappa shape index (κ3) is 3.77. The van der Waals surface area contributed by atoms with Gasteiger partial charge in [0.1, 0.15) is 5.51 Å². The van der Waals surface area contributed by atoms with Gasteiger partial charge in [-0.1, -0.05) is 22.9 Å². The molecule has 3 heterocycles. The summed E-state index contributed by atoms with van der Waals surface area (Å²) in [5.41, 5.74) is 3.67. The van der Waals surface area contributed by atoms with E-state index in [1.807, 2.05) is 30.5 Å². The molecule has 0 radical (unpaired) electrons. The Kier molecular flexibility index (Phi) is 4.96. The maximum atomic E-state index is 12.1. The number of aromatic nitrogens is 3. The fourth-order valence-corrected chi connectivity index (χ4v) is 3.75. The highest BCUT2D eigenvalue weighted by Gasteiger charge is 2.21. The van der Waals surface area contributed by atoms with Crippen LogP contribution in [0.1, 0.15) is 0 Å². The van der Waals surface area contributed by atoms with E-state index in [4.69, 9.17) is 11.6 Å². The number of nitrogens with one attached hydrogen (secondary N) is 1. The van der Waals surface area contributed by atoms with Crippen molar-refractivity contribution in [2.45, 2.75) is 0 Å². The topological polar surface area (TPSA) is 74.2 Å². The lowest BCUT2D eigenvalue weighted by atomic mass is 10.1. The van der Waals surface area contributed by atoms with Gasteiger partial charge in [-0.25, -0.2) is 0 Å². The van der Waals surface area contributed by atoms with E-state index in [1.165, 1.54) is 11.3 Å². The van der Waals surface area contributed by atoms with Crippen LogP contribution in [0, 0.1) is 0 Å². The van der Waals surface area contributed by atoms with Crippen molar-refractivity contribution in [2.24, 2.45) is 0 Å². The Balaban J connectivity index is 1.39. The van der Waals surface area contributed by atoms with Gasteiger partial charge >= 0.3 is 0 Å². The molecule has 0 spiro atoms. The van der Waals surface area contributed by atoms with Gasteiger partial charge in [-0.3, -0.25) is 20.0 Å². The summed E-state index contributed by atoms with van der Waals surface area (Å²) in [6.07, 6.45) is 1.83. The number of nitrogens with zero attached hydrogens (tertiary/aromatic N) is 5. The minimum absolute atomic E-state index is 0.0589. The molecule has 1 amide bonds. The first-order valence-corrected chi connectivity index (χ1v) is 9.52. The highest BCUT2D eigenvalue weighted by molar-refractivity contribution is 7.13. The molecule has 0 aliphatic carbocycles. The summed E-state index contributed by atoms with van der Waals surface area (Å²) >= 11 is 7.48. The Hall–Kier alpha value is -2.29. The molecule has 1 fully saturated rings. The number of carbonyl (C=O) groups is 1. The van der Waals surface area contributed by atoms with Gasteiger partial charge in [-0.2, -0.15) is 0 Å². The molecule has 1 saturated heterocycles. The average molecular weight is 389 g/mol. The standard InChI is InChI=1S/C17H17ClN6OS/c18-12-1-2-14-13(9-12)15(3-4-19-14)24-7-5-23(6-8-24)10-16(25)21-17-22-20-11-26-17/h1-4,9,11H,5-8,10H2,(H,21,22,25). The van der Waals surface area contributed by atoms with E-state index in [2.05, 4.69) is 30.3 Å². The summed E-state index contributed by atoms with van der Waals surface area (Å²) in [6.45, 7) is 3.67. The monoisotopic (exact) mass is 388 g/mol. The number of piperazine rings is 1. The van der Waals surface area contributed by atoms with Crippen LogP contribution in [0.5, 0.6) is 0 Å². The number of benzene rings is 1. The van der Waals surface area contributed by atoms with Crippen molar-refractivity contribution < 1.29 is 4.79 Å². The number of fused-ring (bicyclic) bond motifs is 1. The molecule has 4 rings (SSSR count). The fourth-order valence-electron chi connectivity index (χ4n) is 3.12. The lowest BCUT2D eigenvalue weighted by Gasteiger charge is -2.36. The zero-order chi connectivity index (χ0) is 17.9. The zero-order valence-corrected chi connectivity index (χ0v) is 15.5. The summed E-state index contributed by atoms with van der Waals surface area (Å²) in [6, 6.07) is 7.78. The molecular weight excluding hydrogens is 372 g/mol. The summed E-state index contributed by atoms with van der Waals surface area (Å²) in [5.74, 6) is -0.0589. The minimum atomic E-state index is -0.0589. The third-order valence-electron chi connectivity index (χ3n) is 4.37. The molecule has 1 aliphatic heterocycles. The zero-order valence-electron chi connectivity index (χ0n) is 13.9. The lowest BCUT2D eigenvalue weighted by Crippen LogP contribution is -2.48. The average Bonchev–Trinajstić information content (AvgIpc) is 3.15. The van der Waals surface area contributed by atoms with Crippen molar-refractivity contribution in [3.05, 3.63) is 41.0 Å². The highest BCUT2D eigenvalue weighted by atomic mass is 35.5. The Bertz CT molecular complexity index is 911. The van der Waals surface area contributed by atoms with Crippen molar-refractivity contribution in [3.63, 3.8) is 0 Å². The van der Waals surface area contributed by atoms with Gasteiger partial charge in [-0.05, 0) is 24.3 Å². The van der Waals surface area contributed by atoms with Gasteiger partial charge in [0.2, 0.25) is 11.0 Å². The number of halogens is 1. The number of carbonyl (C=O) groups excluding carboxylic acids is 1. The smallest absolute Gasteiger partial charge is 0.240 e. The maximum absolute atomic E-state index is 12.1. The van der Waals surface area contributed by atoms with Crippen LogP contribution in [0.15, 0.2) is 36.0 Å². The van der Waals surface area contributed by atoms with Crippen LogP contribution in [0.3, 0.4) is 0 Å². The van der Waals surface area contributed by atoms with Gasteiger partial charge in [0.05, 0.1) is 12.1 Å². The Morgan fingerprint density at radius 1 is 1.23 bits per heavy atom. The Morgan fingerprint density at radius 3 is 2.85 bits per heavy atom. The largest absolute Gasteiger partial charge is 0.368 e. The second kappa shape index (κ2) is 7.53. The van der Waals surface area contributed by atoms with Crippen LogP contribution in [-0.4, -0.2) is 58.7 Å². The first-order valence-electron chi connectivity index (χ1n) is 8.26. The molecule has 7 nitrogen and oxygen atoms in total. The number of hydrogen-bond acceptors (Lipinski definition) is 7. The predicted molar refractivity (Wildman–Crippen MR) is 104 cm³/mol. The predicted octanol–water partition coefficient (Wildman–Crippen LogP) is 2.50. The summed E-state index contributed by atoms with van der Waals surface area (Å²) in [5, 5.41) is 12.6. The number of amides is 1. The van der Waals surface area contributed by atoms with Crippen LogP contribution in [-0.2, 0) is 4.79 Å². The second-order valence-corrected chi connectivity index (χ2v) is 7.32. The van der Waals surface area contributed by atoms with Crippen molar-refractivity contribution in [3.8, 4) is 0 Å². The molecule has 1 N–H and O–H groups in total. The van der Waals surface area contributed by atoms with E-state index < -0.39 is 0 Å². The Morgan fingerprint density at radius 2 is 2.08 bits per heavy atom. The van der Waals surface area contributed by atoms with E-state index in [-0.39, 0.29) is 5.91 Å². The normalized spacial score (nSPS) is 15.3. The summed E-state index contributed by atoms with van der Waals surface area (Å²) in [7, 11) is 0. The maximum Gasteiger partial charge on any atom is 0.240 e. The van der Waals surface area contributed by atoms with E-state index in [1.54, 1.807) is 5.51 Å². The number of anilines is 2. The van der Waals surface area contributed by atoms with Gasteiger partial charge in [0.25, 0.3) is 0 Å². The van der Waals surface area contributed by atoms with Crippen LogP contribution in [0.2, 0.25) is 5.02 Å². The molecule has 1 aromatic carbocycles. The van der Waals surface area contributed by atoms with Crippen molar-refractivity contribution >= 4 is 50.6 Å². The van der Waals surface area contributed by atoms with Crippen LogP contribution >= 0.6 is 22.9 Å². The first kappa shape index (κ1) is 17.1. The molecule has 9 heteroatoms. The SMILES string of the molecule is O=C(CN1CCN(c2ccnc3ccc(Cl)cc23)CC1)Nc1nncs1. The van der Waals surface area contributed by atoms with Crippen molar-refractivity contribution in [1.82, 2.24) is 20.1 Å². The molecular formula is C17H17ClN6OS. The van der Waals surface area contributed by atoms with E-state index >= 15 is 0 Å². The van der Waals surface area contributed by atoms with Crippen LogP contribution < -0.4 is 10.2 Å². The van der Waals surface area contributed by atoms with E-state index in [0.29, 0.717) is 16.7 Å². The molecule has 2 aromatic heterocycles. The van der Waals surface area contributed by atoms with Crippen molar-refractivity contribution in [1.29, 1.82) is 0 Å². The summed E-state index contributed by atoms with van der Waals surface area (Å²) < 4.78 is 0. The van der Waals surface area contributed by atoms with Gasteiger partial charge in [0.15, 0.2) is 0 Å².